The van der Waals surface area contributed by atoms with Crippen LogP contribution in [0.4, 0.5) is 9.18 Å². The Hall–Kier alpha value is -2.20. The van der Waals surface area contributed by atoms with Crippen LogP contribution in [0, 0.1) is 5.82 Å². The highest BCUT2D eigenvalue weighted by Gasteiger charge is 2.57. The SMILES string of the molecule is COCO[C@H]1c2c(cc(F)c(Cl)c2Br)O[C@]1(C(=O)CCCNC(=O)OC(C)(C)C)c1ccccc1. The minimum atomic E-state index is -1.62. The maximum absolute atomic E-state index is 14.5. The number of rotatable bonds is 9. The molecule has 0 saturated heterocycles. The third kappa shape index (κ3) is 5.97. The number of alkyl carbamates (subject to hydrolysis) is 1. The Balaban J connectivity index is 1.92. The third-order valence-electron chi connectivity index (χ3n) is 5.28. The van der Waals surface area contributed by atoms with Crippen LogP contribution in [0.25, 0.3) is 0 Å². The number of carbonyl (C=O) groups is 2. The topological polar surface area (TPSA) is 83.1 Å². The lowest BCUT2D eigenvalue weighted by Crippen LogP contribution is -2.45. The number of Topliss-reactive ketones (excluding diaryl/α,β-unsaturated/α-hetero) is 1. The van der Waals surface area contributed by atoms with Crippen LogP contribution in [-0.2, 0) is 24.6 Å². The molecule has 2 aromatic rings. The van der Waals surface area contributed by atoms with Crippen LogP contribution >= 0.6 is 27.5 Å². The Morgan fingerprint density at radius 3 is 2.57 bits per heavy atom. The molecule has 35 heavy (non-hydrogen) atoms. The molecule has 1 aliphatic rings. The molecule has 0 fully saturated rings. The van der Waals surface area contributed by atoms with Gasteiger partial charge in [0, 0.05) is 41.7 Å². The van der Waals surface area contributed by atoms with Gasteiger partial charge in [-0.15, -0.1) is 0 Å². The lowest BCUT2D eigenvalue weighted by atomic mass is 9.81. The molecule has 1 amide bonds. The first-order chi connectivity index (χ1) is 16.5. The second-order valence-electron chi connectivity index (χ2n) is 9.01. The van der Waals surface area contributed by atoms with Crippen LogP contribution in [-0.4, -0.2) is 37.9 Å². The summed E-state index contributed by atoms with van der Waals surface area (Å²) >= 11 is 9.50. The van der Waals surface area contributed by atoms with Crippen LogP contribution in [0.1, 0.15) is 50.8 Å². The molecule has 190 valence electrons. The molecule has 1 heterocycles. The van der Waals surface area contributed by atoms with Gasteiger partial charge < -0.3 is 24.3 Å². The molecule has 1 N–H and O–H groups in total. The number of hydrogen-bond acceptors (Lipinski definition) is 6. The molecule has 0 saturated carbocycles. The van der Waals surface area contributed by atoms with Crippen LogP contribution < -0.4 is 10.1 Å². The number of fused-ring (bicyclic) bond motifs is 1. The van der Waals surface area contributed by atoms with Crippen molar-refractivity contribution < 1.29 is 32.9 Å². The number of nitrogens with one attached hydrogen (secondary N) is 1. The summed E-state index contributed by atoms with van der Waals surface area (Å²) in [5.74, 6) is -0.861. The van der Waals surface area contributed by atoms with Gasteiger partial charge in [0.1, 0.15) is 30.1 Å². The predicted octanol–water partition coefficient (Wildman–Crippen LogP) is 6.07. The molecule has 1 aliphatic heterocycles. The number of ketones is 1. The monoisotopic (exact) mass is 571 g/mol. The highest BCUT2D eigenvalue weighted by molar-refractivity contribution is 9.10. The van der Waals surface area contributed by atoms with E-state index in [2.05, 4.69) is 21.2 Å². The van der Waals surface area contributed by atoms with E-state index < -0.39 is 29.2 Å². The van der Waals surface area contributed by atoms with Crippen LogP contribution in [0.5, 0.6) is 5.75 Å². The standard InChI is InChI=1S/C25H28BrClFNO6/c1-24(2,3)35-23(31)29-12-8-11-18(30)25(15-9-6-5-7-10-15)22(33-14-32-4)19-17(34-25)13-16(28)21(27)20(19)26/h5-7,9-10,13,22H,8,11-12,14H2,1-4H3,(H,29,31)/t22-,25-/m0/s1. The minimum Gasteiger partial charge on any atom is -0.471 e. The van der Waals surface area contributed by atoms with Gasteiger partial charge in [0.2, 0.25) is 5.60 Å². The van der Waals surface area contributed by atoms with E-state index in [0.29, 0.717) is 17.5 Å². The van der Waals surface area contributed by atoms with E-state index in [0.717, 1.165) is 6.07 Å². The Morgan fingerprint density at radius 1 is 1.26 bits per heavy atom. The summed E-state index contributed by atoms with van der Waals surface area (Å²) in [5.41, 5.74) is -1.30. The quantitative estimate of drug-likeness (QED) is 0.223. The maximum Gasteiger partial charge on any atom is 0.407 e. The fraction of sp³-hybridized carbons (Fsp3) is 0.440. The summed E-state index contributed by atoms with van der Waals surface area (Å²) < 4.78 is 37.3. The van der Waals surface area contributed by atoms with Gasteiger partial charge in [0.25, 0.3) is 0 Å². The third-order valence-corrected chi connectivity index (χ3v) is 6.70. The van der Waals surface area contributed by atoms with Gasteiger partial charge in [-0.3, -0.25) is 4.79 Å². The highest BCUT2D eigenvalue weighted by atomic mass is 79.9. The van der Waals surface area contributed by atoms with Crippen molar-refractivity contribution in [3.8, 4) is 5.75 Å². The number of amides is 1. The molecule has 10 heteroatoms. The van der Waals surface area contributed by atoms with E-state index in [1.54, 1.807) is 45.0 Å². The molecule has 2 atom stereocenters. The maximum atomic E-state index is 14.5. The van der Waals surface area contributed by atoms with Gasteiger partial charge in [0.15, 0.2) is 5.78 Å². The normalized spacial score (nSPS) is 19.1. The van der Waals surface area contributed by atoms with Gasteiger partial charge in [0.05, 0.1) is 5.02 Å². The summed E-state index contributed by atoms with van der Waals surface area (Å²) in [6, 6.07) is 10.0. The zero-order valence-electron chi connectivity index (χ0n) is 20.0. The molecule has 0 aliphatic carbocycles. The predicted molar refractivity (Wildman–Crippen MR) is 132 cm³/mol. The Kier molecular flexibility index (Phi) is 8.80. The minimum absolute atomic E-state index is 0.0410. The summed E-state index contributed by atoms with van der Waals surface area (Å²) in [5, 5.41) is 2.50. The Bertz CT molecular complexity index is 1080. The molecule has 0 spiro atoms. The zero-order valence-corrected chi connectivity index (χ0v) is 22.3. The van der Waals surface area contributed by atoms with Crippen molar-refractivity contribution in [2.24, 2.45) is 0 Å². The lowest BCUT2D eigenvalue weighted by molar-refractivity contribution is -0.162. The molecule has 0 bridgehead atoms. The summed E-state index contributed by atoms with van der Waals surface area (Å²) in [6.45, 7) is 5.37. The number of halogens is 3. The number of ether oxygens (including phenoxy) is 4. The fourth-order valence-corrected chi connectivity index (χ4v) is 4.63. The molecule has 3 rings (SSSR count). The van der Waals surface area contributed by atoms with E-state index in [1.165, 1.54) is 7.11 Å². The first-order valence-electron chi connectivity index (χ1n) is 11.0. The summed E-state index contributed by atoms with van der Waals surface area (Å²) in [6.07, 6.45) is -1.18. The van der Waals surface area contributed by atoms with Crippen molar-refractivity contribution in [1.82, 2.24) is 5.32 Å². The second-order valence-corrected chi connectivity index (χ2v) is 10.2. The summed E-state index contributed by atoms with van der Waals surface area (Å²) in [7, 11) is 1.46. The fourth-order valence-electron chi connectivity index (χ4n) is 3.88. The smallest absolute Gasteiger partial charge is 0.407 e. The van der Waals surface area contributed by atoms with Crippen molar-refractivity contribution in [1.29, 1.82) is 0 Å². The number of benzene rings is 2. The van der Waals surface area contributed by atoms with Gasteiger partial charge in [-0.25, -0.2) is 9.18 Å². The van der Waals surface area contributed by atoms with Crippen LogP contribution in [0.15, 0.2) is 40.9 Å². The van der Waals surface area contributed by atoms with Crippen molar-refractivity contribution in [2.75, 3.05) is 20.4 Å². The van der Waals surface area contributed by atoms with E-state index in [-0.39, 0.29) is 40.8 Å². The number of carbonyl (C=O) groups excluding carboxylic acids is 2. The van der Waals surface area contributed by atoms with Crippen molar-refractivity contribution in [2.45, 2.75) is 50.9 Å². The van der Waals surface area contributed by atoms with E-state index in [1.807, 2.05) is 6.07 Å². The zero-order chi connectivity index (χ0) is 25.8. The summed E-state index contributed by atoms with van der Waals surface area (Å²) in [4.78, 5) is 25.8. The molecule has 0 radical (unpaired) electrons. The molecule has 7 nitrogen and oxygen atoms in total. The first kappa shape index (κ1) is 27.4. The molecule has 0 aromatic heterocycles. The highest BCUT2D eigenvalue weighted by Crippen LogP contribution is 2.56. The first-order valence-corrected chi connectivity index (χ1v) is 12.2. The van der Waals surface area contributed by atoms with E-state index in [9.17, 15) is 14.0 Å². The molecular formula is C25H28BrClFNO6. The average molecular weight is 573 g/mol. The van der Waals surface area contributed by atoms with Gasteiger partial charge in [-0.2, -0.15) is 0 Å². The van der Waals surface area contributed by atoms with Crippen LogP contribution in [0.2, 0.25) is 5.02 Å². The lowest BCUT2D eigenvalue weighted by Gasteiger charge is -2.33. The molecule has 2 aromatic carbocycles. The molecular weight excluding hydrogens is 545 g/mol. The Morgan fingerprint density at radius 2 is 1.94 bits per heavy atom. The number of hydrogen-bond donors (Lipinski definition) is 1. The second kappa shape index (κ2) is 11.2. The van der Waals surface area contributed by atoms with E-state index in [4.69, 9.17) is 30.5 Å². The van der Waals surface area contributed by atoms with Gasteiger partial charge in [-0.05, 0) is 43.1 Å². The average Bonchev–Trinajstić information content (AvgIpc) is 3.13. The van der Waals surface area contributed by atoms with E-state index >= 15 is 0 Å². The van der Waals surface area contributed by atoms with Gasteiger partial charge in [-0.1, -0.05) is 41.9 Å². The largest absolute Gasteiger partial charge is 0.471 e. The van der Waals surface area contributed by atoms with Crippen molar-refractivity contribution in [3.05, 3.63) is 62.8 Å². The van der Waals surface area contributed by atoms with Crippen molar-refractivity contribution in [3.63, 3.8) is 0 Å². The molecule has 0 unspecified atom stereocenters. The van der Waals surface area contributed by atoms with Crippen LogP contribution in [0.3, 0.4) is 0 Å². The Labute approximate surface area is 217 Å². The van der Waals surface area contributed by atoms with Crippen molar-refractivity contribution >= 4 is 39.4 Å². The number of methoxy groups -OCH3 is 1. The van der Waals surface area contributed by atoms with Gasteiger partial charge >= 0.3 is 6.09 Å².